The van der Waals surface area contributed by atoms with Gasteiger partial charge in [0.05, 0.1) is 11.6 Å². The Hall–Kier alpha value is -1.88. The summed E-state index contributed by atoms with van der Waals surface area (Å²) in [4.78, 5) is 23.5. The van der Waals surface area contributed by atoms with Crippen molar-refractivity contribution in [2.24, 2.45) is 22.9 Å². The van der Waals surface area contributed by atoms with Crippen molar-refractivity contribution in [3.05, 3.63) is 29.8 Å². The largest absolute Gasteiger partial charge is 0.326 e. The van der Waals surface area contributed by atoms with Gasteiger partial charge in [-0.05, 0) is 37.0 Å². The Morgan fingerprint density at radius 3 is 2.64 bits per heavy atom. The zero-order valence-electron chi connectivity index (χ0n) is 11.9. The summed E-state index contributed by atoms with van der Waals surface area (Å²) < 4.78 is 0. The van der Waals surface area contributed by atoms with Crippen LogP contribution in [0.1, 0.15) is 24.8 Å². The van der Waals surface area contributed by atoms with Gasteiger partial charge >= 0.3 is 0 Å². The molecule has 6 heteroatoms. The van der Waals surface area contributed by atoms with E-state index in [1.165, 1.54) is 0 Å². The Labute approximate surface area is 133 Å². The van der Waals surface area contributed by atoms with E-state index in [1.807, 2.05) is 24.3 Å². The van der Waals surface area contributed by atoms with Crippen LogP contribution in [-0.2, 0) is 9.59 Å². The van der Waals surface area contributed by atoms with Crippen LogP contribution in [0.4, 0.5) is 5.69 Å². The first kappa shape index (κ1) is 13.8. The average molecular weight is 318 g/mol. The lowest BCUT2D eigenvalue weighted by Gasteiger charge is -2.30. The molecule has 1 aromatic carbocycles. The van der Waals surface area contributed by atoms with Crippen LogP contribution in [0.2, 0.25) is 0 Å². The molecule has 22 heavy (non-hydrogen) atoms. The third-order valence-electron chi connectivity index (χ3n) is 4.74. The second-order valence-electron chi connectivity index (χ2n) is 6.19. The molecule has 4 atom stereocenters. The predicted octanol–water partition coefficient (Wildman–Crippen LogP) is 2.11. The minimum atomic E-state index is -0.0773. The average Bonchev–Trinajstić information content (AvgIpc) is 3.28. The summed E-state index contributed by atoms with van der Waals surface area (Å²) in [7, 11) is 0. The maximum Gasteiger partial charge on any atom is 0.243 e. The Morgan fingerprint density at radius 1 is 1.23 bits per heavy atom. The van der Waals surface area contributed by atoms with Crippen molar-refractivity contribution in [3.63, 3.8) is 0 Å². The van der Waals surface area contributed by atoms with Gasteiger partial charge in [-0.2, -0.15) is 5.10 Å². The molecule has 0 bridgehead atoms. The fourth-order valence-corrected chi connectivity index (χ4v) is 3.43. The van der Waals surface area contributed by atoms with E-state index in [1.54, 1.807) is 0 Å². The predicted molar refractivity (Wildman–Crippen MR) is 83.7 cm³/mol. The highest BCUT2D eigenvalue weighted by Gasteiger charge is 2.49. The molecular weight excluding hydrogens is 302 g/mol. The minimum absolute atomic E-state index is 0.0106. The highest BCUT2D eigenvalue weighted by molar-refractivity contribution is 6.23. The number of benzene rings is 1. The molecule has 4 unspecified atom stereocenters. The van der Waals surface area contributed by atoms with Gasteiger partial charge in [0.1, 0.15) is 0 Å². The van der Waals surface area contributed by atoms with Gasteiger partial charge in [0.2, 0.25) is 11.8 Å². The summed E-state index contributed by atoms with van der Waals surface area (Å²) >= 11 is 6.02. The Morgan fingerprint density at radius 2 is 2.00 bits per heavy atom. The first-order valence-corrected chi connectivity index (χ1v) is 8.00. The number of halogens is 1. The molecule has 0 saturated heterocycles. The number of alkyl halides is 1. The first-order chi connectivity index (χ1) is 10.6. The number of amides is 2. The van der Waals surface area contributed by atoms with E-state index in [0.717, 1.165) is 36.2 Å². The smallest absolute Gasteiger partial charge is 0.243 e. The second-order valence-corrected chi connectivity index (χ2v) is 6.75. The lowest BCUT2D eigenvalue weighted by atomic mass is 9.84. The van der Waals surface area contributed by atoms with Gasteiger partial charge in [-0.15, -0.1) is 11.6 Å². The molecule has 5 nitrogen and oxygen atoms in total. The standard InChI is InChI=1S/C16H16ClN3O2/c17-13-6-5-10(13)15(21)18-9-3-1-8(2-4-9)14-11-7-12(11)16(22)20-19-14/h1-4,10-13H,5-7H2,(H,18,21)(H,20,22). The van der Waals surface area contributed by atoms with Crippen LogP contribution in [0.15, 0.2) is 29.4 Å². The number of hydrogen-bond donors (Lipinski definition) is 2. The minimum Gasteiger partial charge on any atom is -0.326 e. The third-order valence-corrected chi connectivity index (χ3v) is 5.26. The Kier molecular flexibility index (Phi) is 3.18. The van der Waals surface area contributed by atoms with E-state index < -0.39 is 0 Å². The van der Waals surface area contributed by atoms with Crippen LogP contribution in [0.25, 0.3) is 0 Å². The van der Waals surface area contributed by atoms with Crippen LogP contribution in [0.5, 0.6) is 0 Å². The SMILES string of the molecule is O=C(Nc1ccc(C2=NNC(=O)C3CC23)cc1)C1CCC1Cl. The van der Waals surface area contributed by atoms with Gasteiger partial charge in [0, 0.05) is 22.9 Å². The van der Waals surface area contributed by atoms with Crippen molar-refractivity contribution in [1.82, 2.24) is 5.43 Å². The number of rotatable bonds is 3. The van der Waals surface area contributed by atoms with Gasteiger partial charge in [0.15, 0.2) is 0 Å². The lowest BCUT2D eigenvalue weighted by Crippen LogP contribution is -2.37. The number of nitrogens with zero attached hydrogens (tertiary/aromatic N) is 1. The number of carbonyl (C=O) groups excluding carboxylic acids is 2. The van der Waals surface area contributed by atoms with Crippen LogP contribution in [-0.4, -0.2) is 22.9 Å². The molecule has 1 aromatic rings. The molecular formula is C16H16ClN3O2. The Bertz CT molecular complexity index is 670. The van der Waals surface area contributed by atoms with E-state index in [4.69, 9.17) is 11.6 Å². The molecule has 2 N–H and O–H groups in total. The molecule has 0 aromatic heterocycles. The topological polar surface area (TPSA) is 70.6 Å². The Balaban J connectivity index is 1.45. The highest BCUT2D eigenvalue weighted by Crippen LogP contribution is 2.43. The van der Waals surface area contributed by atoms with E-state index in [-0.39, 0.29) is 34.9 Å². The number of nitrogens with one attached hydrogen (secondary N) is 2. The van der Waals surface area contributed by atoms with Crippen molar-refractivity contribution in [3.8, 4) is 0 Å². The molecule has 4 rings (SSSR count). The molecule has 2 fully saturated rings. The summed E-state index contributed by atoms with van der Waals surface area (Å²) in [6.45, 7) is 0. The molecule has 2 aliphatic carbocycles. The fourth-order valence-electron chi connectivity index (χ4n) is 3.06. The van der Waals surface area contributed by atoms with Crippen LogP contribution < -0.4 is 10.7 Å². The van der Waals surface area contributed by atoms with Crippen LogP contribution in [0, 0.1) is 17.8 Å². The summed E-state index contributed by atoms with van der Waals surface area (Å²) in [5.41, 5.74) is 5.25. The van der Waals surface area contributed by atoms with E-state index in [2.05, 4.69) is 15.8 Å². The van der Waals surface area contributed by atoms with Crippen molar-refractivity contribution in [1.29, 1.82) is 0 Å². The van der Waals surface area contributed by atoms with Crippen molar-refractivity contribution < 1.29 is 9.59 Å². The van der Waals surface area contributed by atoms with Gasteiger partial charge in [-0.25, -0.2) is 5.43 Å². The maximum atomic E-state index is 12.0. The number of carbonyl (C=O) groups is 2. The first-order valence-electron chi connectivity index (χ1n) is 7.56. The molecule has 0 radical (unpaired) electrons. The zero-order valence-corrected chi connectivity index (χ0v) is 12.6. The number of hydrogen-bond acceptors (Lipinski definition) is 3. The number of fused-ring (bicyclic) bond motifs is 1. The molecule has 1 heterocycles. The van der Waals surface area contributed by atoms with Crippen LogP contribution in [0.3, 0.4) is 0 Å². The molecule has 3 aliphatic rings. The monoisotopic (exact) mass is 317 g/mol. The van der Waals surface area contributed by atoms with Gasteiger partial charge < -0.3 is 5.32 Å². The highest BCUT2D eigenvalue weighted by atomic mass is 35.5. The van der Waals surface area contributed by atoms with Gasteiger partial charge in [-0.3, -0.25) is 9.59 Å². The summed E-state index contributed by atoms with van der Waals surface area (Å²) in [5, 5.41) is 7.03. The van der Waals surface area contributed by atoms with Crippen molar-refractivity contribution in [2.45, 2.75) is 24.6 Å². The zero-order chi connectivity index (χ0) is 15.3. The van der Waals surface area contributed by atoms with Crippen LogP contribution >= 0.6 is 11.6 Å². The quantitative estimate of drug-likeness (QED) is 0.838. The third kappa shape index (κ3) is 2.29. The summed E-state index contributed by atoms with van der Waals surface area (Å²) in [6.07, 6.45) is 2.65. The number of anilines is 1. The van der Waals surface area contributed by atoms with Gasteiger partial charge in [-0.1, -0.05) is 12.1 Å². The van der Waals surface area contributed by atoms with Gasteiger partial charge in [0.25, 0.3) is 0 Å². The normalized spacial score (nSPS) is 32.2. The lowest BCUT2D eigenvalue weighted by molar-refractivity contribution is -0.123. The van der Waals surface area contributed by atoms with Crippen molar-refractivity contribution in [2.75, 3.05) is 5.32 Å². The molecule has 1 aliphatic heterocycles. The molecule has 2 saturated carbocycles. The van der Waals surface area contributed by atoms with Crippen molar-refractivity contribution >= 4 is 34.8 Å². The number of hydrazone groups is 1. The summed E-state index contributed by atoms with van der Waals surface area (Å²) in [5.74, 6) is 0.274. The van der Waals surface area contributed by atoms with E-state index >= 15 is 0 Å². The molecule has 114 valence electrons. The van der Waals surface area contributed by atoms with E-state index in [9.17, 15) is 9.59 Å². The molecule has 2 amide bonds. The second kappa shape index (κ2) is 5.09. The fraction of sp³-hybridized carbons (Fsp3) is 0.438. The maximum absolute atomic E-state index is 12.0. The van der Waals surface area contributed by atoms with E-state index in [0.29, 0.717) is 0 Å². The molecule has 0 spiro atoms. The summed E-state index contributed by atoms with van der Waals surface area (Å²) in [6, 6.07) is 7.59.